The minimum atomic E-state index is -0.362. The van der Waals surface area contributed by atoms with Crippen molar-refractivity contribution in [1.29, 1.82) is 0 Å². The number of rotatable bonds is 2. The molecule has 110 valence electrons. The number of anilines is 2. The summed E-state index contributed by atoms with van der Waals surface area (Å²) < 4.78 is 6.72. The van der Waals surface area contributed by atoms with Gasteiger partial charge in [-0.25, -0.2) is 9.48 Å². The van der Waals surface area contributed by atoms with Crippen molar-refractivity contribution in [1.82, 2.24) is 9.78 Å². The predicted octanol–water partition coefficient (Wildman–Crippen LogP) is 1.97. The first-order chi connectivity index (χ1) is 10.1. The maximum Gasteiger partial charge on any atom is 0.343 e. The van der Waals surface area contributed by atoms with Crippen LogP contribution in [0.4, 0.5) is 11.5 Å². The van der Waals surface area contributed by atoms with E-state index in [0.717, 1.165) is 30.0 Å². The van der Waals surface area contributed by atoms with Crippen LogP contribution in [0, 0.1) is 6.92 Å². The predicted molar refractivity (Wildman–Crippen MR) is 80.4 cm³/mol. The molecule has 0 fully saturated rings. The van der Waals surface area contributed by atoms with Gasteiger partial charge in [-0.05, 0) is 31.0 Å². The molecule has 1 aromatic carbocycles. The number of hydrogen-bond acceptors (Lipinski definition) is 5. The second-order valence-corrected chi connectivity index (χ2v) is 5.14. The Morgan fingerprint density at radius 3 is 2.81 bits per heavy atom. The number of aryl methyl sites for hydroxylation is 1. The summed E-state index contributed by atoms with van der Waals surface area (Å²) in [6, 6.07) is 7.87. The van der Waals surface area contributed by atoms with Crippen molar-refractivity contribution in [2.45, 2.75) is 19.4 Å². The Bertz CT molecular complexity index is 676. The maximum absolute atomic E-state index is 11.9. The molecular weight excluding hydrogens is 268 g/mol. The van der Waals surface area contributed by atoms with Crippen LogP contribution in [0.15, 0.2) is 24.3 Å². The van der Waals surface area contributed by atoms with Crippen LogP contribution in [0.5, 0.6) is 0 Å². The Kier molecular flexibility index (Phi) is 3.29. The lowest BCUT2D eigenvalue weighted by Crippen LogP contribution is -2.25. The fourth-order valence-corrected chi connectivity index (χ4v) is 2.76. The van der Waals surface area contributed by atoms with E-state index >= 15 is 0 Å². The summed E-state index contributed by atoms with van der Waals surface area (Å²) in [5.41, 5.74) is 8.79. The van der Waals surface area contributed by atoms with Crippen molar-refractivity contribution in [2.24, 2.45) is 0 Å². The van der Waals surface area contributed by atoms with Gasteiger partial charge in [-0.1, -0.05) is 12.1 Å². The Morgan fingerprint density at radius 2 is 2.14 bits per heavy atom. The van der Waals surface area contributed by atoms with Crippen LogP contribution in [0.3, 0.4) is 0 Å². The van der Waals surface area contributed by atoms with Crippen LogP contribution in [0.1, 0.15) is 34.1 Å². The Balaban J connectivity index is 2.06. The van der Waals surface area contributed by atoms with Gasteiger partial charge >= 0.3 is 5.97 Å². The number of benzene rings is 1. The average molecular weight is 286 g/mol. The molecule has 1 atom stereocenters. The van der Waals surface area contributed by atoms with Gasteiger partial charge in [0, 0.05) is 12.2 Å². The number of esters is 1. The number of aromatic nitrogens is 2. The number of fused-ring (bicyclic) bond motifs is 1. The molecule has 6 heteroatoms. The second kappa shape index (κ2) is 5.12. The molecule has 3 N–H and O–H groups in total. The number of carbonyl (C=O) groups is 1. The van der Waals surface area contributed by atoms with Gasteiger partial charge in [0.05, 0.1) is 18.8 Å². The number of nitrogens with zero attached hydrogens (tertiary/aromatic N) is 2. The van der Waals surface area contributed by atoms with E-state index in [1.54, 1.807) is 0 Å². The molecule has 1 aliphatic heterocycles. The third-order valence-corrected chi connectivity index (χ3v) is 3.80. The highest BCUT2D eigenvalue weighted by atomic mass is 16.5. The summed E-state index contributed by atoms with van der Waals surface area (Å²) in [5.74, 6) is 0.367. The standard InChI is InChI=1S/C15H18N4O2/c1-9-13(15(20)21-2)14-17-8-7-12(19(14)18-9)10-3-5-11(16)6-4-10/h3-6,12,17H,7-8,16H2,1-2H3. The first-order valence-electron chi connectivity index (χ1n) is 6.88. The maximum atomic E-state index is 11.9. The number of nitrogens with one attached hydrogen (secondary N) is 1. The third-order valence-electron chi connectivity index (χ3n) is 3.80. The van der Waals surface area contributed by atoms with E-state index < -0.39 is 0 Å². The van der Waals surface area contributed by atoms with Crippen LogP contribution in [0.2, 0.25) is 0 Å². The van der Waals surface area contributed by atoms with E-state index in [-0.39, 0.29) is 12.0 Å². The molecule has 3 rings (SSSR count). The number of methoxy groups -OCH3 is 1. The molecule has 6 nitrogen and oxygen atoms in total. The molecule has 21 heavy (non-hydrogen) atoms. The van der Waals surface area contributed by atoms with E-state index in [1.807, 2.05) is 35.9 Å². The third kappa shape index (κ3) is 2.22. The van der Waals surface area contributed by atoms with Gasteiger partial charge in [0.15, 0.2) is 0 Å². The molecule has 1 aliphatic rings. The zero-order valence-corrected chi connectivity index (χ0v) is 12.1. The highest BCUT2D eigenvalue weighted by Gasteiger charge is 2.29. The van der Waals surface area contributed by atoms with Crippen LogP contribution in [-0.2, 0) is 4.74 Å². The summed E-state index contributed by atoms with van der Waals surface area (Å²) in [5, 5.41) is 7.78. The molecule has 0 aliphatic carbocycles. The highest BCUT2D eigenvalue weighted by molar-refractivity contribution is 5.96. The summed E-state index contributed by atoms with van der Waals surface area (Å²) in [7, 11) is 1.38. The van der Waals surface area contributed by atoms with Crippen molar-refractivity contribution >= 4 is 17.5 Å². The highest BCUT2D eigenvalue weighted by Crippen LogP contribution is 2.33. The second-order valence-electron chi connectivity index (χ2n) is 5.14. The first-order valence-corrected chi connectivity index (χ1v) is 6.88. The van der Waals surface area contributed by atoms with Gasteiger partial charge in [0.2, 0.25) is 0 Å². The lowest BCUT2D eigenvalue weighted by atomic mass is 10.0. The molecule has 2 aromatic rings. The minimum Gasteiger partial charge on any atom is -0.465 e. The lowest BCUT2D eigenvalue weighted by Gasteiger charge is -2.26. The van der Waals surface area contributed by atoms with E-state index in [4.69, 9.17) is 10.5 Å². The molecule has 1 unspecified atom stereocenters. The van der Waals surface area contributed by atoms with E-state index in [2.05, 4.69) is 10.4 Å². The smallest absolute Gasteiger partial charge is 0.343 e. The van der Waals surface area contributed by atoms with Gasteiger partial charge in [0.25, 0.3) is 0 Å². The molecule has 1 aromatic heterocycles. The van der Waals surface area contributed by atoms with Crippen molar-refractivity contribution in [3.63, 3.8) is 0 Å². The number of nitrogen functional groups attached to an aromatic ring is 1. The van der Waals surface area contributed by atoms with E-state index in [0.29, 0.717) is 11.3 Å². The van der Waals surface area contributed by atoms with Crippen LogP contribution < -0.4 is 11.1 Å². The topological polar surface area (TPSA) is 82.2 Å². The zero-order valence-electron chi connectivity index (χ0n) is 12.1. The van der Waals surface area contributed by atoms with Gasteiger partial charge in [0.1, 0.15) is 11.4 Å². The van der Waals surface area contributed by atoms with Crippen molar-refractivity contribution in [3.8, 4) is 0 Å². The summed E-state index contributed by atoms with van der Waals surface area (Å²) >= 11 is 0. The minimum absolute atomic E-state index is 0.0963. The molecule has 0 saturated carbocycles. The summed E-state index contributed by atoms with van der Waals surface area (Å²) in [4.78, 5) is 11.9. The number of hydrogen-bond donors (Lipinski definition) is 2. The molecule has 0 spiro atoms. The Hall–Kier alpha value is -2.50. The number of ether oxygens (including phenoxy) is 1. The molecule has 2 heterocycles. The van der Waals surface area contributed by atoms with Gasteiger partial charge in [-0.3, -0.25) is 0 Å². The van der Waals surface area contributed by atoms with Crippen molar-refractivity contribution in [2.75, 3.05) is 24.7 Å². The van der Waals surface area contributed by atoms with Gasteiger partial charge < -0.3 is 15.8 Å². The number of carbonyl (C=O) groups excluding carboxylic acids is 1. The summed E-state index contributed by atoms with van der Waals surface area (Å²) in [6.45, 7) is 2.60. The molecule has 0 radical (unpaired) electrons. The van der Waals surface area contributed by atoms with E-state index in [9.17, 15) is 4.79 Å². The molecular formula is C15H18N4O2. The normalized spacial score (nSPS) is 17.0. The Labute approximate surface area is 122 Å². The quantitative estimate of drug-likeness (QED) is 0.651. The molecule has 0 saturated heterocycles. The van der Waals surface area contributed by atoms with E-state index in [1.165, 1.54) is 7.11 Å². The average Bonchev–Trinajstić information content (AvgIpc) is 2.83. The SMILES string of the molecule is COC(=O)c1c(C)nn2c1NCCC2c1ccc(N)cc1. The van der Waals surface area contributed by atoms with Crippen molar-refractivity contribution in [3.05, 3.63) is 41.1 Å². The number of nitrogens with two attached hydrogens (primary N) is 1. The fourth-order valence-electron chi connectivity index (χ4n) is 2.76. The molecule has 0 bridgehead atoms. The van der Waals surface area contributed by atoms with Gasteiger partial charge in [-0.2, -0.15) is 5.10 Å². The zero-order chi connectivity index (χ0) is 15.0. The lowest BCUT2D eigenvalue weighted by molar-refractivity contribution is 0.0601. The molecule has 0 amide bonds. The fraction of sp³-hybridized carbons (Fsp3) is 0.333. The van der Waals surface area contributed by atoms with Gasteiger partial charge in [-0.15, -0.1) is 0 Å². The van der Waals surface area contributed by atoms with Crippen LogP contribution in [-0.4, -0.2) is 29.4 Å². The van der Waals surface area contributed by atoms with Crippen LogP contribution in [0.25, 0.3) is 0 Å². The van der Waals surface area contributed by atoms with Crippen molar-refractivity contribution < 1.29 is 9.53 Å². The monoisotopic (exact) mass is 286 g/mol. The first kappa shape index (κ1) is 13.5. The Morgan fingerprint density at radius 1 is 1.43 bits per heavy atom. The summed E-state index contributed by atoms with van der Waals surface area (Å²) in [6.07, 6.45) is 0.901. The largest absolute Gasteiger partial charge is 0.465 e. The van der Waals surface area contributed by atoms with Crippen LogP contribution >= 0.6 is 0 Å².